The minimum atomic E-state index is 0.0871. The molecule has 0 aliphatic carbocycles. The van der Waals surface area contributed by atoms with Crippen LogP contribution in [0.2, 0.25) is 0 Å². The van der Waals surface area contributed by atoms with Crippen molar-refractivity contribution in [1.82, 2.24) is 0 Å². The summed E-state index contributed by atoms with van der Waals surface area (Å²) in [6.45, 7) is 6.52. The quantitative estimate of drug-likeness (QED) is 0.804. The van der Waals surface area contributed by atoms with Crippen molar-refractivity contribution >= 4 is 27.7 Å². The van der Waals surface area contributed by atoms with Gasteiger partial charge in [-0.15, -0.1) is 11.8 Å². The van der Waals surface area contributed by atoms with Crippen molar-refractivity contribution < 1.29 is 0 Å². The average Bonchev–Trinajstić information content (AvgIpc) is 2.16. The number of rotatable bonds is 5. The highest BCUT2D eigenvalue weighted by Crippen LogP contribution is 2.28. The van der Waals surface area contributed by atoms with Gasteiger partial charge in [-0.1, -0.05) is 35.8 Å². The van der Waals surface area contributed by atoms with Crippen LogP contribution in [0.1, 0.15) is 38.8 Å². The van der Waals surface area contributed by atoms with E-state index in [2.05, 4.69) is 48.0 Å². The van der Waals surface area contributed by atoms with Gasteiger partial charge < -0.3 is 5.73 Å². The third kappa shape index (κ3) is 4.48. The summed E-state index contributed by atoms with van der Waals surface area (Å²) in [5.41, 5.74) is 7.04. The number of hydrogen-bond donors (Lipinski definition) is 1. The van der Waals surface area contributed by atoms with E-state index >= 15 is 0 Å². The van der Waals surface area contributed by atoms with Gasteiger partial charge in [-0.2, -0.15) is 0 Å². The van der Waals surface area contributed by atoms with E-state index < -0.39 is 0 Å². The standard InChI is InChI=1S/C13H20BrNS/c1-9(2)6-7-16-11-4-5-12(10(3)15)13(14)8-11/h4-5,8-10H,6-7,15H2,1-3H3. The van der Waals surface area contributed by atoms with Gasteiger partial charge in [0.25, 0.3) is 0 Å². The zero-order chi connectivity index (χ0) is 12.1. The van der Waals surface area contributed by atoms with E-state index in [9.17, 15) is 0 Å². The second kappa shape index (κ2) is 6.67. The molecule has 2 N–H and O–H groups in total. The normalized spacial score (nSPS) is 13.1. The molecule has 0 saturated heterocycles. The summed E-state index contributed by atoms with van der Waals surface area (Å²) in [5.74, 6) is 1.96. The minimum Gasteiger partial charge on any atom is -0.324 e. The van der Waals surface area contributed by atoms with Gasteiger partial charge in [0.15, 0.2) is 0 Å². The topological polar surface area (TPSA) is 26.0 Å². The summed E-state index contributed by atoms with van der Waals surface area (Å²) in [6.07, 6.45) is 1.26. The Morgan fingerprint density at radius 2 is 2.00 bits per heavy atom. The molecule has 0 saturated carbocycles. The van der Waals surface area contributed by atoms with Gasteiger partial charge in [-0.05, 0) is 42.7 Å². The van der Waals surface area contributed by atoms with Crippen LogP contribution in [0.15, 0.2) is 27.6 Å². The lowest BCUT2D eigenvalue weighted by Gasteiger charge is -2.10. The molecule has 0 heterocycles. The molecule has 3 heteroatoms. The zero-order valence-corrected chi connectivity index (χ0v) is 12.6. The Kier molecular flexibility index (Phi) is 5.87. The largest absolute Gasteiger partial charge is 0.324 e. The number of nitrogens with two attached hydrogens (primary N) is 1. The van der Waals surface area contributed by atoms with Crippen molar-refractivity contribution in [3.05, 3.63) is 28.2 Å². The van der Waals surface area contributed by atoms with Gasteiger partial charge in [0.1, 0.15) is 0 Å². The fourth-order valence-electron chi connectivity index (χ4n) is 1.38. The Balaban J connectivity index is 2.59. The molecule has 0 radical (unpaired) electrons. The fraction of sp³-hybridized carbons (Fsp3) is 0.538. The molecular formula is C13H20BrNS. The summed E-state index contributed by atoms with van der Waals surface area (Å²) >= 11 is 5.49. The monoisotopic (exact) mass is 301 g/mol. The van der Waals surface area contributed by atoms with Crippen molar-refractivity contribution in [2.45, 2.75) is 38.1 Å². The maximum Gasteiger partial charge on any atom is 0.0277 e. The van der Waals surface area contributed by atoms with Crippen LogP contribution in [0, 0.1) is 5.92 Å². The first-order chi connectivity index (χ1) is 7.50. The number of halogens is 1. The van der Waals surface area contributed by atoms with Crippen LogP contribution < -0.4 is 5.73 Å². The lowest BCUT2D eigenvalue weighted by molar-refractivity contribution is 0.632. The maximum absolute atomic E-state index is 5.87. The van der Waals surface area contributed by atoms with Crippen LogP contribution in [0.4, 0.5) is 0 Å². The smallest absolute Gasteiger partial charge is 0.0277 e. The first-order valence-corrected chi connectivity index (χ1v) is 7.46. The summed E-state index contributed by atoms with van der Waals surface area (Å²) < 4.78 is 1.12. The van der Waals surface area contributed by atoms with E-state index in [0.717, 1.165) is 10.4 Å². The van der Waals surface area contributed by atoms with Crippen molar-refractivity contribution in [2.24, 2.45) is 11.7 Å². The van der Waals surface area contributed by atoms with E-state index in [4.69, 9.17) is 5.73 Å². The van der Waals surface area contributed by atoms with Crippen LogP contribution in [-0.2, 0) is 0 Å². The van der Waals surface area contributed by atoms with Crippen molar-refractivity contribution in [1.29, 1.82) is 0 Å². The van der Waals surface area contributed by atoms with Crippen LogP contribution in [0.5, 0.6) is 0 Å². The predicted octanol–water partition coefficient (Wildman–Crippen LogP) is 4.61. The molecule has 0 amide bonds. The molecule has 1 aromatic carbocycles. The molecule has 0 aliphatic rings. The summed E-state index contributed by atoms with van der Waals surface area (Å²) in [4.78, 5) is 1.32. The van der Waals surface area contributed by atoms with E-state index in [0.29, 0.717) is 0 Å². The van der Waals surface area contributed by atoms with Gasteiger partial charge in [-0.3, -0.25) is 0 Å². The summed E-state index contributed by atoms with van der Waals surface area (Å²) in [6, 6.07) is 6.54. The molecule has 1 unspecified atom stereocenters. The van der Waals surface area contributed by atoms with Gasteiger partial charge >= 0.3 is 0 Å². The Hall–Kier alpha value is 0.01000. The number of hydrogen-bond acceptors (Lipinski definition) is 2. The Morgan fingerprint density at radius 1 is 1.31 bits per heavy atom. The van der Waals surface area contributed by atoms with Crippen LogP contribution in [-0.4, -0.2) is 5.75 Å². The molecule has 1 nitrogen and oxygen atoms in total. The van der Waals surface area contributed by atoms with Crippen molar-refractivity contribution in [3.8, 4) is 0 Å². The highest BCUT2D eigenvalue weighted by molar-refractivity contribution is 9.10. The maximum atomic E-state index is 5.87. The molecule has 0 bridgehead atoms. The lowest BCUT2D eigenvalue weighted by Crippen LogP contribution is -2.05. The molecule has 0 aromatic heterocycles. The van der Waals surface area contributed by atoms with E-state index in [1.165, 1.54) is 22.6 Å². The predicted molar refractivity (Wildman–Crippen MR) is 76.9 cm³/mol. The Bertz CT molecular complexity index is 337. The Morgan fingerprint density at radius 3 is 2.50 bits per heavy atom. The van der Waals surface area contributed by atoms with Gasteiger partial charge in [0.05, 0.1) is 0 Å². The zero-order valence-electron chi connectivity index (χ0n) is 10.2. The highest BCUT2D eigenvalue weighted by Gasteiger charge is 2.06. The average molecular weight is 302 g/mol. The van der Waals surface area contributed by atoms with Crippen LogP contribution in [0.3, 0.4) is 0 Å². The van der Waals surface area contributed by atoms with Gasteiger partial charge in [0, 0.05) is 15.4 Å². The second-order valence-corrected chi connectivity index (χ2v) is 6.53. The van der Waals surface area contributed by atoms with Crippen LogP contribution in [0.25, 0.3) is 0 Å². The van der Waals surface area contributed by atoms with E-state index in [1.807, 2.05) is 18.7 Å². The summed E-state index contributed by atoms with van der Waals surface area (Å²) in [7, 11) is 0. The first kappa shape index (κ1) is 14.1. The van der Waals surface area contributed by atoms with E-state index in [1.54, 1.807) is 0 Å². The molecule has 16 heavy (non-hydrogen) atoms. The van der Waals surface area contributed by atoms with Crippen molar-refractivity contribution in [2.75, 3.05) is 5.75 Å². The lowest BCUT2D eigenvalue weighted by atomic mass is 10.1. The van der Waals surface area contributed by atoms with Gasteiger partial charge in [-0.25, -0.2) is 0 Å². The number of benzene rings is 1. The fourth-order valence-corrected chi connectivity index (χ4v) is 3.46. The van der Waals surface area contributed by atoms with E-state index in [-0.39, 0.29) is 6.04 Å². The second-order valence-electron chi connectivity index (χ2n) is 4.50. The molecule has 1 rings (SSSR count). The highest BCUT2D eigenvalue weighted by atomic mass is 79.9. The summed E-state index contributed by atoms with van der Waals surface area (Å²) in [5, 5.41) is 0. The SMILES string of the molecule is CC(C)CCSc1ccc(C(C)N)c(Br)c1. The molecule has 0 fully saturated rings. The van der Waals surface area contributed by atoms with Crippen LogP contribution >= 0.6 is 27.7 Å². The minimum absolute atomic E-state index is 0.0871. The van der Waals surface area contributed by atoms with Crippen molar-refractivity contribution in [3.63, 3.8) is 0 Å². The Labute approximate surface area is 111 Å². The molecule has 1 aromatic rings. The molecular weight excluding hydrogens is 282 g/mol. The third-order valence-corrected chi connectivity index (χ3v) is 4.14. The van der Waals surface area contributed by atoms with Gasteiger partial charge in [0.2, 0.25) is 0 Å². The molecule has 90 valence electrons. The first-order valence-electron chi connectivity index (χ1n) is 5.68. The molecule has 0 aliphatic heterocycles. The third-order valence-electron chi connectivity index (χ3n) is 2.43. The number of thioether (sulfide) groups is 1. The molecule has 0 spiro atoms. The molecule has 1 atom stereocenters.